The molecule has 1 aromatic heterocycles. The summed E-state index contributed by atoms with van der Waals surface area (Å²) in [6.07, 6.45) is 0. The van der Waals surface area contributed by atoms with Crippen molar-refractivity contribution in [2.45, 2.75) is 26.2 Å². The molecular weight excluding hydrogens is 140 g/mol. The average Bonchev–Trinajstić information content (AvgIpc) is 2.32. The first-order valence-corrected chi connectivity index (χ1v) is 3.69. The van der Waals surface area contributed by atoms with Crippen molar-refractivity contribution >= 4 is 5.88 Å². The molecule has 0 saturated carbocycles. The number of hydrogen-bond acceptors (Lipinski definition) is 3. The van der Waals surface area contributed by atoms with Crippen LogP contribution in [0.15, 0.2) is 10.6 Å². The minimum Gasteiger partial charge on any atom is -0.357 e. The zero-order valence-corrected chi connectivity index (χ0v) is 7.43. The normalized spacial score (nSPS) is 11.6. The molecule has 1 heterocycles. The van der Waals surface area contributed by atoms with Crippen molar-refractivity contribution in [3.8, 4) is 0 Å². The minimum atomic E-state index is 0.0681. The lowest BCUT2D eigenvalue weighted by Crippen LogP contribution is -2.10. The van der Waals surface area contributed by atoms with Crippen molar-refractivity contribution in [2.24, 2.45) is 0 Å². The Kier molecular flexibility index (Phi) is 1.89. The van der Waals surface area contributed by atoms with Crippen molar-refractivity contribution in [1.82, 2.24) is 5.16 Å². The lowest BCUT2D eigenvalue weighted by molar-refractivity contribution is 0.404. The van der Waals surface area contributed by atoms with E-state index >= 15 is 0 Å². The van der Waals surface area contributed by atoms with Gasteiger partial charge >= 0.3 is 0 Å². The van der Waals surface area contributed by atoms with E-state index in [-0.39, 0.29) is 5.41 Å². The van der Waals surface area contributed by atoms with Gasteiger partial charge in [-0.05, 0) is 0 Å². The van der Waals surface area contributed by atoms with Gasteiger partial charge in [0.25, 0.3) is 0 Å². The predicted octanol–water partition coefficient (Wildman–Crippen LogP) is 2.01. The number of hydrogen-bond donors (Lipinski definition) is 1. The minimum absolute atomic E-state index is 0.0681. The Morgan fingerprint density at radius 3 is 2.36 bits per heavy atom. The van der Waals surface area contributed by atoms with E-state index in [2.05, 4.69) is 31.2 Å². The largest absolute Gasteiger partial charge is 0.357 e. The fourth-order valence-corrected chi connectivity index (χ4v) is 0.746. The van der Waals surface area contributed by atoms with E-state index in [1.54, 1.807) is 0 Å². The molecular formula is C8H14N2O. The van der Waals surface area contributed by atoms with E-state index in [9.17, 15) is 0 Å². The van der Waals surface area contributed by atoms with Crippen molar-refractivity contribution in [3.05, 3.63) is 11.8 Å². The first-order chi connectivity index (χ1) is 5.04. The van der Waals surface area contributed by atoms with Crippen LogP contribution in [0, 0.1) is 0 Å². The second-order valence-electron chi connectivity index (χ2n) is 3.58. The Hall–Kier alpha value is -0.990. The molecule has 62 valence electrons. The fourth-order valence-electron chi connectivity index (χ4n) is 0.746. The molecule has 0 unspecified atom stereocenters. The Labute approximate surface area is 66.8 Å². The van der Waals surface area contributed by atoms with Crippen molar-refractivity contribution < 1.29 is 4.52 Å². The third-order valence-electron chi connectivity index (χ3n) is 1.52. The van der Waals surface area contributed by atoms with Gasteiger partial charge in [-0.3, -0.25) is 0 Å². The molecule has 0 bridgehead atoms. The van der Waals surface area contributed by atoms with Crippen LogP contribution in [0.25, 0.3) is 0 Å². The summed E-state index contributed by atoms with van der Waals surface area (Å²) in [6.45, 7) is 6.30. The van der Waals surface area contributed by atoms with Gasteiger partial charge in [0.05, 0.1) is 5.69 Å². The maximum atomic E-state index is 4.98. The summed E-state index contributed by atoms with van der Waals surface area (Å²) >= 11 is 0. The van der Waals surface area contributed by atoms with Crippen LogP contribution in [0.5, 0.6) is 0 Å². The number of anilines is 1. The number of nitrogens with zero attached hydrogens (tertiary/aromatic N) is 1. The second kappa shape index (κ2) is 2.57. The summed E-state index contributed by atoms with van der Waals surface area (Å²) in [4.78, 5) is 0. The average molecular weight is 154 g/mol. The standard InChI is InChI=1S/C8H14N2O/c1-8(2,3)6-5-7(9-4)11-10-6/h5,9H,1-4H3. The molecule has 1 aromatic rings. The van der Waals surface area contributed by atoms with Crippen LogP contribution >= 0.6 is 0 Å². The maximum Gasteiger partial charge on any atom is 0.224 e. The van der Waals surface area contributed by atoms with E-state index in [4.69, 9.17) is 4.52 Å². The van der Waals surface area contributed by atoms with Crippen LogP contribution in [0.4, 0.5) is 5.88 Å². The van der Waals surface area contributed by atoms with E-state index in [0.29, 0.717) is 0 Å². The van der Waals surface area contributed by atoms with Gasteiger partial charge in [0, 0.05) is 18.5 Å². The van der Waals surface area contributed by atoms with Gasteiger partial charge in [0.2, 0.25) is 5.88 Å². The summed E-state index contributed by atoms with van der Waals surface area (Å²) < 4.78 is 4.98. The zero-order valence-electron chi connectivity index (χ0n) is 7.43. The summed E-state index contributed by atoms with van der Waals surface area (Å²) in [5, 5.41) is 6.81. The van der Waals surface area contributed by atoms with Gasteiger partial charge in [-0.2, -0.15) is 0 Å². The van der Waals surface area contributed by atoms with Crippen LogP contribution in [0.3, 0.4) is 0 Å². The first-order valence-electron chi connectivity index (χ1n) is 3.69. The predicted molar refractivity (Wildman–Crippen MR) is 44.7 cm³/mol. The Morgan fingerprint density at radius 2 is 2.09 bits per heavy atom. The second-order valence-corrected chi connectivity index (χ2v) is 3.58. The Morgan fingerprint density at radius 1 is 1.45 bits per heavy atom. The summed E-state index contributed by atoms with van der Waals surface area (Å²) in [5.74, 6) is 0.718. The van der Waals surface area contributed by atoms with Crippen LogP contribution in [0.1, 0.15) is 26.5 Å². The molecule has 0 aliphatic heterocycles. The molecule has 0 saturated heterocycles. The van der Waals surface area contributed by atoms with Gasteiger partial charge in [-0.1, -0.05) is 25.9 Å². The third-order valence-corrected chi connectivity index (χ3v) is 1.52. The van der Waals surface area contributed by atoms with E-state index in [0.717, 1.165) is 11.6 Å². The topological polar surface area (TPSA) is 38.1 Å². The van der Waals surface area contributed by atoms with E-state index < -0.39 is 0 Å². The highest BCUT2D eigenvalue weighted by Crippen LogP contribution is 2.22. The van der Waals surface area contributed by atoms with Crippen LogP contribution in [0.2, 0.25) is 0 Å². The van der Waals surface area contributed by atoms with Gasteiger partial charge < -0.3 is 9.84 Å². The quantitative estimate of drug-likeness (QED) is 0.672. The zero-order chi connectivity index (χ0) is 8.48. The monoisotopic (exact) mass is 154 g/mol. The van der Waals surface area contributed by atoms with Crippen molar-refractivity contribution in [2.75, 3.05) is 12.4 Å². The molecule has 0 aliphatic carbocycles. The third kappa shape index (κ3) is 1.73. The van der Waals surface area contributed by atoms with Crippen molar-refractivity contribution in [1.29, 1.82) is 0 Å². The first kappa shape index (κ1) is 8.11. The molecule has 0 spiro atoms. The lowest BCUT2D eigenvalue weighted by Gasteiger charge is -2.12. The van der Waals surface area contributed by atoms with Crippen LogP contribution < -0.4 is 5.32 Å². The van der Waals surface area contributed by atoms with Crippen molar-refractivity contribution in [3.63, 3.8) is 0 Å². The van der Waals surface area contributed by atoms with Crippen LogP contribution in [-0.2, 0) is 5.41 Å². The Bertz CT molecular complexity index is 234. The number of aromatic nitrogens is 1. The maximum absolute atomic E-state index is 4.98. The molecule has 1 N–H and O–H groups in total. The molecule has 0 atom stereocenters. The molecule has 3 heteroatoms. The highest BCUT2D eigenvalue weighted by Gasteiger charge is 2.18. The number of rotatable bonds is 1. The van der Waals surface area contributed by atoms with Gasteiger partial charge in [0.1, 0.15) is 0 Å². The molecule has 0 fully saturated rings. The molecule has 0 amide bonds. The van der Waals surface area contributed by atoms with E-state index in [1.165, 1.54) is 0 Å². The highest BCUT2D eigenvalue weighted by molar-refractivity contribution is 5.32. The fraction of sp³-hybridized carbons (Fsp3) is 0.625. The molecule has 1 rings (SSSR count). The molecule has 0 aromatic carbocycles. The smallest absolute Gasteiger partial charge is 0.224 e. The molecule has 0 radical (unpaired) electrons. The van der Waals surface area contributed by atoms with E-state index in [1.807, 2.05) is 13.1 Å². The Balaban J connectivity index is 2.89. The molecule has 3 nitrogen and oxygen atoms in total. The van der Waals surface area contributed by atoms with Gasteiger partial charge in [-0.25, -0.2) is 0 Å². The van der Waals surface area contributed by atoms with Crippen LogP contribution in [-0.4, -0.2) is 12.2 Å². The summed E-state index contributed by atoms with van der Waals surface area (Å²) in [7, 11) is 1.81. The molecule has 11 heavy (non-hydrogen) atoms. The lowest BCUT2D eigenvalue weighted by atomic mass is 9.92. The molecule has 0 aliphatic rings. The highest BCUT2D eigenvalue weighted by atomic mass is 16.5. The van der Waals surface area contributed by atoms with Gasteiger partial charge in [0.15, 0.2) is 0 Å². The summed E-state index contributed by atoms with van der Waals surface area (Å²) in [6, 6.07) is 1.92. The van der Waals surface area contributed by atoms with Gasteiger partial charge in [-0.15, -0.1) is 0 Å². The number of nitrogens with one attached hydrogen (secondary N) is 1. The SMILES string of the molecule is CNc1cc(C(C)(C)C)no1. The summed E-state index contributed by atoms with van der Waals surface area (Å²) in [5.41, 5.74) is 1.04.